The van der Waals surface area contributed by atoms with Gasteiger partial charge in [0.05, 0.1) is 0 Å². The molecule has 0 radical (unpaired) electrons. The highest BCUT2D eigenvalue weighted by atomic mass is 35.5. The molecule has 0 aromatic heterocycles. The van der Waals surface area contributed by atoms with Crippen molar-refractivity contribution in [2.45, 2.75) is 19.1 Å². The minimum atomic E-state index is -0.906. The van der Waals surface area contributed by atoms with Gasteiger partial charge in [0.15, 0.2) is 0 Å². The summed E-state index contributed by atoms with van der Waals surface area (Å²) in [5, 5.41) is 3.14. The molecule has 3 aromatic carbocycles. The van der Waals surface area contributed by atoms with Crippen molar-refractivity contribution < 1.29 is 19.1 Å². The Hall–Kier alpha value is -3.31. The molecule has 148 valence electrons. The number of amides is 1. The summed E-state index contributed by atoms with van der Waals surface area (Å²) in [6.45, 7) is 0.108. The van der Waals surface area contributed by atoms with Gasteiger partial charge < -0.3 is 14.8 Å². The first-order valence-corrected chi connectivity index (χ1v) is 9.46. The minimum absolute atomic E-state index is 0.108. The average Bonchev–Trinajstić information content (AvgIpc) is 2.75. The third-order valence-corrected chi connectivity index (χ3v) is 4.36. The van der Waals surface area contributed by atoms with Crippen LogP contribution in [0.4, 0.5) is 4.79 Å². The maximum Gasteiger partial charge on any atom is 0.408 e. The predicted octanol–water partition coefficient (Wildman–Crippen LogP) is 4.78. The van der Waals surface area contributed by atoms with E-state index in [2.05, 4.69) is 5.32 Å². The van der Waals surface area contributed by atoms with Crippen molar-refractivity contribution in [3.63, 3.8) is 0 Å². The molecule has 1 amide bonds. The molecular weight excluding hydrogens is 390 g/mol. The molecule has 0 spiro atoms. The Morgan fingerprint density at radius 3 is 2.03 bits per heavy atom. The fourth-order valence-corrected chi connectivity index (χ4v) is 2.77. The molecule has 0 unspecified atom stereocenters. The Labute approximate surface area is 174 Å². The number of carbonyl (C=O) groups is 2. The molecule has 3 aromatic rings. The fourth-order valence-electron chi connectivity index (χ4n) is 2.64. The van der Waals surface area contributed by atoms with E-state index in [0.29, 0.717) is 10.8 Å². The van der Waals surface area contributed by atoms with Crippen LogP contribution in [0.2, 0.25) is 5.02 Å². The number of benzene rings is 3. The topological polar surface area (TPSA) is 64.6 Å². The maximum absolute atomic E-state index is 12.7. The van der Waals surface area contributed by atoms with E-state index in [1.807, 2.05) is 60.7 Å². The lowest BCUT2D eigenvalue weighted by atomic mass is 10.1. The summed E-state index contributed by atoms with van der Waals surface area (Å²) in [5.41, 5.74) is 1.74. The fraction of sp³-hybridized carbons (Fsp3) is 0.130. The van der Waals surface area contributed by atoms with Gasteiger partial charge in [0.2, 0.25) is 0 Å². The minimum Gasteiger partial charge on any atom is -0.445 e. The highest BCUT2D eigenvalue weighted by molar-refractivity contribution is 6.30. The molecule has 0 aliphatic carbocycles. The van der Waals surface area contributed by atoms with Crippen LogP contribution in [-0.2, 0) is 22.6 Å². The first-order valence-electron chi connectivity index (χ1n) is 9.08. The van der Waals surface area contributed by atoms with E-state index < -0.39 is 18.1 Å². The zero-order chi connectivity index (χ0) is 20.5. The van der Waals surface area contributed by atoms with Crippen LogP contribution in [0.3, 0.4) is 0 Å². The van der Waals surface area contributed by atoms with Crippen molar-refractivity contribution in [1.29, 1.82) is 0 Å². The summed E-state index contributed by atoms with van der Waals surface area (Å²) in [6.07, 6.45) is -0.420. The van der Waals surface area contributed by atoms with Crippen LogP contribution in [0.15, 0.2) is 84.9 Å². The molecule has 0 aliphatic rings. The molecule has 0 heterocycles. The lowest BCUT2D eigenvalue weighted by molar-refractivity contribution is -0.136. The van der Waals surface area contributed by atoms with Crippen LogP contribution in [0.25, 0.3) is 0 Å². The highest BCUT2D eigenvalue weighted by Gasteiger charge is 2.24. The first-order chi connectivity index (χ1) is 14.1. The Kier molecular flexibility index (Phi) is 7.25. The summed E-state index contributed by atoms with van der Waals surface area (Å²) in [6, 6.07) is 24.2. The largest absolute Gasteiger partial charge is 0.445 e. The van der Waals surface area contributed by atoms with Gasteiger partial charge in [-0.3, -0.25) is 0 Å². The average molecular weight is 410 g/mol. The maximum atomic E-state index is 12.7. The van der Waals surface area contributed by atoms with E-state index in [9.17, 15) is 9.59 Å². The normalized spacial score (nSPS) is 11.3. The van der Waals surface area contributed by atoms with Gasteiger partial charge >= 0.3 is 12.1 Å². The number of esters is 1. The first kappa shape index (κ1) is 20.4. The summed E-state index contributed by atoms with van der Waals surface area (Å²) in [7, 11) is 0. The second kappa shape index (κ2) is 10.3. The van der Waals surface area contributed by atoms with Gasteiger partial charge in [0.1, 0.15) is 18.4 Å². The monoisotopic (exact) mass is 409 g/mol. The Bertz CT molecular complexity index is 930. The van der Waals surface area contributed by atoms with Crippen molar-refractivity contribution in [2.24, 2.45) is 0 Å². The molecule has 0 saturated heterocycles. The molecule has 0 bridgehead atoms. The molecule has 5 nitrogen and oxygen atoms in total. The van der Waals surface area contributed by atoms with Crippen LogP contribution < -0.4 is 10.1 Å². The van der Waals surface area contributed by atoms with Gasteiger partial charge in [0.25, 0.3) is 0 Å². The third kappa shape index (κ3) is 6.66. The standard InChI is InChI=1S/C23H20ClNO4/c24-19-11-13-20(14-12-19)29-22(26)21(15-17-7-3-1-4-8-17)25-23(27)28-16-18-9-5-2-6-10-18/h1-14,21H,15-16H2,(H,25,27)/t21-/m1/s1. The molecule has 0 fully saturated rings. The van der Waals surface area contributed by atoms with E-state index in [1.54, 1.807) is 24.3 Å². The van der Waals surface area contributed by atoms with E-state index in [1.165, 1.54) is 0 Å². The molecule has 3 rings (SSSR count). The molecule has 1 N–H and O–H groups in total. The summed E-state index contributed by atoms with van der Waals surface area (Å²) >= 11 is 5.86. The van der Waals surface area contributed by atoms with Crippen LogP contribution in [0.5, 0.6) is 5.75 Å². The molecule has 6 heteroatoms. The van der Waals surface area contributed by atoms with Crippen molar-refractivity contribution >= 4 is 23.7 Å². The van der Waals surface area contributed by atoms with Gasteiger partial charge in [-0.2, -0.15) is 0 Å². The van der Waals surface area contributed by atoms with E-state index >= 15 is 0 Å². The van der Waals surface area contributed by atoms with Gasteiger partial charge in [-0.05, 0) is 35.4 Å². The number of hydrogen-bond acceptors (Lipinski definition) is 4. The lowest BCUT2D eigenvalue weighted by Gasteiger charge is -2.18. The number of rotatable bonds is 7. The molecule has 0 saturated carbocycles. The van der Waals surface area contributed by atoms with Gasteiger partial charge in [-0.15, -0.1) is 0 Å². The van der Waals surface area contributed by atoms with Crippen molar-refractivity contribution in [3.05, 3.63) is 101 Å². The van der Waals surface area contributed by atoms with E-state index in [0.717, 1.165) is 11.1 Å². The van der Waals surface area contributed by atoms with Gasteiger partial charge in [-0.25, -0.2) is 9.59 Å². The van der Waals surface area contributed by atoms with Gasteiger partial charge in [0, 0.05) is 11.4 Å². The van der Waals surface area contributed by atoms with Gasteiger partial charge in [-0.1, -0.05) is 72.3 Å². The number of nitrogens with one attached hydrogen (secondary N) is 1. The number of hydrogen-bond donors (Lipinski definition) is 1. The molecule has 0 aliphatic heterocycles. The molecule has 29 heavy (non-hydrogen) atoms. The molecular formula is C23H20ClNO4. The molecule has 1 atom stereocenters. The zero-order valence-electron chi connectivity index (χ0n) is 15.6. The highest BCUT2D eigenvalue weighted by Crippen LogP contribution is 2.17. The SMILES string of the molecule is O=C(N[C@H](Cc1ccccc1)C(=O)Oc1ccc(Cl)cc1)OCc1ccccc1. The number of halogens is 1. The smallest absolute Gasteiger partial charge is 0.408 e. The second-order valence-electron chi connectivity index (χ2n) is 6.32. The third-order valence-electron chi connectivity index (χ3n) is 4.10. The van der Waals surface area contributed by atoms with Crippen LogP contribution in [0, 0.1) is 0 Å². The van der Waals surface area contributed by atoms with Crippen molar-refractivity contribution in [3.8, 4) is 5.75 Å². The van der Waals surface area contributed by atoms with E-state index in [4.69, 9.17) is 21.1 Å². The number of ether oxygens (including phenoxy) is 2. The second-order valence-corrected chi connectivity index (χ2v) is 6.76. The summed E-state index contributed by atoms with van der Waals surface area (Å²) < 4.78 is 10.6. The number of carbonyl (C=O) groups excluding carboxylic acids is 2. The Morgan fingerprint density at radius 1 is 0.828 bits per heavy atom. The quantitative estimate of drug-likeness (QED) is 0.450. The Balaban J connectivity index is 1.65. The zero-order valence-corrected chi connectivity index (χ0v) is 16.3. The lowest BCUT2D eigenvalue weighted by Crippen LogP contribution is -2.44. The van der Waals surface area contributed by atoms with Crippen molar-refractivity contribution in [1.82, 2.24) is 5.32 Å². The van der Waals surface area contributed by atoms with Crippen LogP contribution in [-0.4, -0.2) is 18.1 Å². The predicted molar refractivity (Wildman–Crippen MR) is 111 cm³/mol. The summed E-state index contributed by atoms with van der Waals surface area (Å²) in [4.78, 5) is 24.9. The van der Waals surface area contributed by atoms with Crippen LogP contribution >= 0.6 is 11.6 Å². The van der Waals surface area contributed by atoms with Crippen LogP contribution in [0.1, 0.15) is 11.1 Å². The number of alkyl carbamates (subject to hydrolysis) is 1. The van der Waals surface area contributed by atoms with E-state index in [-0.39, 0.29) is 13.0 Å². The summed E-state index contributed by atoms with van der Waals surface area (Å²) in [5.74, 6) is -0.246. The Morgan fingerprint density at radius 2 is 1.41 bits per heavy atom. The van der Waals surface area contributed by atoms with Crippen molar-refractivity contribution in [2.75, 3.05) is 0 Å².